The number of rotatable bonds is 1. The average Bonchev–Trinajstić information content (AvgIpc) is 2.49. The van der Waals surface area contributed by atoms with Crippen molar-refractivity contribution in [3.8, 4) is 0 Å². The van der Waals surface area contributed by atoms with E-state index >= 15 is 0 Å². The van der Waals surface area contributed by atoms with Crippen LogP contribution in [0, 0.1) is 0 Å². The van der Waals surface area contributed by atoms with Crippen LogP contribution in [-0.2, 0) is 0 Å². The Kier molecular flexibility index (Phi) is 4.01. The quantitative estimate of drug-likeness (QED) is 0.780. The zero-order valence-electron chi connectivity index (χ0n) is 12.6. The highest BCUT2D eigenvalue weighted by Crippen LogP contribution is 2.24. The molecule has 1 aromatic carbocycles. The molecule has 5 heteroatoms. The van der Waals surface area contributed by atoms with Crippen molar-refractivity contribution in [1.29, 1.82) is 0 Å². The van der Waals surface area contributed by atoms with Gasteiger partial charge in [0.05, 0.1) is 0 Å². The van der Waals surface area contributed by atoms with Crippen LogP contribution in [0.25, 0.3) is 0 Å². The highest BCUT2D eigenvalue weighted by molar-refractivity contribution is 5.89. The molecule has 21 heavy (non-hydrogen) atoms. The van der Waals surface area contributed by atoms with E-state index in [-0.39, 0.29) is 12.1 Å². The summed E-state index contributed by atoms with van der Waals surface area (Å²) >= 11 is 0. The van der Waals surface area contributed by atoms with Crippen molar-refractivity contribution in [3.63, 3.8) is 0 Å². The molecule has 0 spiro atoms. The molecule has 2 aliphatic rings. The van der Waals surface area contributed by atoms with Gasteiger partial charge in [-0.05, 0) is 50.6 Å². The predicted molar refractivity (Wildman–Crippen MR) is 85.3 cm³/mol. The van der Waals surface area contributed by atoms with Gasteiger partial charge >= 0.3 is 6.03 Å². The van der Waals surface area contributed by atoms with Gasteiger partial charge < -0.3 is 16.0 Å². The first-order valence-corrected chi connectivity index (χ1v) is 7.80. The first kappa shape index (κ1) is 14.2. The summed E-state index contributed by atoms with van der Waals surface area (Å²) in [5.41, 5.74) is 7.17. The molecular formula is C16H24N4O. The molecule has 3 rings (SSSR count). The number of benzene rings is 1. The lowest BCUT2D eigenvalue weighted by Crippen LogP contribution is -2.60. The fourth-order valence-corrected chi connectivity index (χ4v) is 3.40. The summed E-state index contributed by atoms with van der Waals surface area (Å²) in [5, 5.41) is 2.98. The number of nitrogens with zero attached hydrogens (tertiary/aromatic N) is 2. The van der Waals surface area contributed by atoms with E-state index in [1.165, 1.54) is 25.8 Å². The van der Waals surface area contributed by atoms with Crippen LogP contribution in [0.4, 0.5) is 16.2 Å². The molecule has 2 saturated heterocycles. The second-order valence-corrected chi connectivity index (χ2v) is 6.20. The Hall–Kier alpha value is -1.75. The fraction of sp³-hybridized carbons (Fsp3) is 0.562. The third-order valence-electron chi connectivity index (χ3n) is 4.61. The van der Waals surface area contributed by atoms with Crippen molar-refractivity contribution in [2.75, 3.05) is 30.7 Å². The van der Waals surface area contributed by atoms with Gasteiger partial charge in [-0.15, -0.1) is 0 Å². The van der Waals surface area contributed by atoms with Crippen LogP contribution in [0.15, 0.2) is 24.3 Å². The number of carbonyl (C=O) groups excluding carboxylic acids is 1. The molecule has 114 valence electrons. The normalized spacial score (nSPS) is 26.2. The second-order valence-electron chi connectivity index (χ2n) is 6.20. The van der Waals surface area contributed by atoms with Gasteiger partial charge in [0.2, 0.25) is 0 Å². The first-order valence-electron chi connectivity index (χ1n) is 7.80. The Morgan fingerprint density at radius 3 is 2.76 bits per heavy atom. The van der Waals surface area contributed by atoms with Crippen molar-refractivity contribution < 1.29 is 4.79 Å². The summed E-state index contributed by atoms with van der Waals surface area (Å²) in [7, 11) is 0. The molecule has 0 saturated carbocycles. The van der Waals surface area contributed by atoms with E-state index in [9.17, 15) is 4.79 Å². The Labute approximate surface area is 126 Å². The summed E-state index contributed by atoms with van der Waals surface area (Å²) < 4.78 is 0. The molecule has 2 aliphatic heterocycles. The number of piperazine rings is 1. The minimum Gasteiger partial charge on any atom is -0.399 e. The SMILES string of the molecule is CC1CN2CCCCC2CN1C(=O)Nc1ccc(N)cc1. The maximum atomic E-state index is 12.5. The van der Waals surface area contributed by atoms with Crippen molar-refractivity contribution in [3.05, 3.63) is 24.3 Å². The number of fused-ring (bicyclic) bond motifs is 1. The Morgan fingerprint density at radius 2 is 2.00 bits per heavy atom. The maximum Gasteiger partial charge on any atom is 0.322 e. The molecule has 2 amide bonds. The molecule has 1 aromatic rings. The maximum absolute atomic E-state index is 12.5. The van der Waals surface area contributed by atoms with Crippen LogP contribution >= 0.6 is 0 Å². The molecule has 2 unspecified atom stereocenters. The number of carbonyl (C=O) groups is 1. The van der Waals surface area contributed by atoms with Crippen molar-refractivity contribution in [2.24, 2.45) is 0 Å². The number of hydrogen-bond donors (Lipinski definition) is 2. The Balaban J connectivity index is 1.64. The van der Waals surface area contributed by atoms with Gasteiger partial charge in [-0.3, -0.25) is 4.90 Å². The van der Waals surface area contributed by atoms with Crippen molar-refractivity contribution in [2.45, 2.75) is 38.3 Å². The molecule has 0 bridgehead atoms. The van der Waals surface area contributed by atoms with Gasteiger partial charge in [-0.1, -0.05) is 6.42 Å². The van der Waals surface area contributed by atoms with Crippen LogP contribution in [0.5, 0.6) is 0 Å². The van der Waals surface area contributed by atoms with E-state index in [0.29, 0.717) is 11.7 Å². The standard InChI is InChI=1S/C16H24N4O/c1-12-10-19-9-3-2-4-15(19)11-20(12)16(21)18-14-7-5-13(17)6-8-14/h5-8,12,15H,2-4,9-11,17H2,1H3,(H,18,21). The first-order chi connectivity index (χ1) is 10.1. The van der Waals surface area contributed by atoms with Gasteiger partial charge in [0, 0.05) is 36.5 Å². The van der Waals surface area contributed by atoms with E-state index in [2.05, 4.69) is 17.1 Å². The summed E-state index contributed by atoms with van der Waals surface area (Å²) in [6, 6.07) is 8.08. The highest BCUT2D eigenvalue weighted by atomic mass is 16.2. The largest absolute Gasteiger partial charge is 0.399 e. The summed E-state index contributed by atoms with van der Waals surface area (Å²) in [5.74, 6) is 0. The lowest BCUT2D eigenvalue weighted by atomic mass is 9.97. The van der Waals surface area contributed by atoms with E-state index < -0.39 is 0 Å². The minimum atomic E-state index is -0.00232. The van der Waals surface area contributed by atoms with E-state index in [0.717, 1.165) is 18.8 Å². The van der Waals surface area contributed by atoms with Gasteiger partial charge in [-0.2, -0.15) is 0 Å². The molecule has 0 aromatic heterocycles. The highest BCUT2D eigenvalue weighted by Gasteiger charge is 2.35. The smallest absolute Gasteiger partial charge is 0.322 e. The zero-order valence-corrected chi connectivity index (χ0v) is 12.6. The minimum absolute atomic E-state index is 0.00232. The number of piperidine rings is 1. The topological polar surface area (TPSA) is 61.6 Å². The van der Waals surface area contributed by atoms with E-state index in [1.54, 1.807) is 12.1 Å². The molecule has 5 nitrogen and oxygen atoms in total. The van der Waals surface area contributed by atoms with Crippen LogP contribution in [0.3, 0.4) is 0 Å². The number of nitrogens with one attached hydrogen (secondary N) is 1. The second kappa shape index (κ2) is 5.93. The van der Waals surface area contributed by atoms with Gasteiger partial charge in [0.15, 0.2) is 0 Å². The fourth-order valence-electron chi connectivity index (χ4n) is 3.40. The lowest BCUT2D eigenvalue weighted by molar-refractivity contribution is 0.0380. The molecule has 0 aliphatic carbocycles. The molecule has 2 atom stereocenters. The molecule has 2 fully saturated rings. The van der Waals surface area contributed by atoms with E-state index in [1.807, 2.05) is 17.0 Å². The Bertz CT molecular complexity index is 502. The van der Waals surface area contributed by atoms with Crippen LogP contribution in [0.1, 0.15) is 26.2 Å². The van der Waals surface area contributed by atoms with Crippen LogP contribution in [-0.4, -0.2) is 47.5 Å². The lowest BCUT2D eigenvalue weighted by Gasteiger charge is -2.47. The number of nitrogens with two attached hydrogens (primary N) is 1. The van der Waals surface area contributed by atoms with Crippen molar-refractivity contribution >= 4 is 17.4 Å². The third kappa shape index (κ3) is 3.13. The van der Waals surface area contributed by atoms with Crippen LogP contribution < -0.4 is 11.1 Å². The van der Waals surface area contributed by atoms with Crippen LogP contribution in [0.2, 0.25) is 0 Å². The Morgan fingerprint density at radius 1 is 1.24 bits per heavy atom. The predicted octanol–water partition coefficient (Wildman–Crippen LogP) is 2.36. The molecule has 2 heterocycles. The molecule has 0 radical (unpaired) electrons. The number of amides is 2. The number of hydrogen-bond acceptors (Lipinski definition) is 3. The molecule has 3 N–H and O–H groups in total. The number of anilines is 2. The summed E-state index contributed by atoms with van der Waals surface area (Å²) in [6.07, 6.45) is 3.78. The van der Waals surface area contributed by atoms with Gasteiger partial charge in [-0.25, -0.2) is 4.79 Å². The monoisotopic (exact) mass is 288 g/mol. The molecular weight excluding hydrogens is 264 g/mol. The van der Waals surface area contributed by atoms with Gasteiger partial charge in [0.1, 0.15) is 0 Å². The number of nitrogen functional groups attached to an aromatic ring is 1. The zero-order chi connectivity index (χ0) is 14.8. The summed E-state index contributed by atoms with van der Waals surface area (Å²) in [4.78, 5) is 17.0. The van der Waals surface area contributed by atoms with Gasteiger partial charge in [0.25, 0.3) is 0 Å². The number of urea groups is 1. The van der Waals surface area contributed by atoms with E-state index in [4.69, 9.17) is 5.73 Å². The average molecular weight is 288 g/mol. The summed E-state index contributed by atoms with van der Waals surface area (Å²) in [6.45, 7) is 5.14. The van der Waals surface area contributed by atoms with Crippen molar-refractivity contribution in [1.82, 2.24) is 9.80 Å². The third-order valence-corrected chi connectivity index (χ3v) is 4.61.